The average molecular weight is 1580 g/mol. The summed E-state index contributed by atoms with van der Waals surface area (Å²) in [4.78, 5) is 7.83. The molecular weight excluding hydrogens is 1470 g/mol. The summed E-state index contributed by atoms with van der Waals surface area (Å²) in [7, 11) is 0. The third kappa shape index (κ3) is 13.5. The Morgan fingerprint density at radius 3 is 1.10 bits per heavy atom. The highest BCUT2D eigenvalue weighted by Gasteiger charge is 2.46. The minimum Gasteiger partial charge on any atom is -0.311 e. The molecule has 0 fully saturated rings. The molecule has 18 aromatic rings. The number of rotatable bonds is 12. The van der Waals surface area contributed by atoms with E-state index in [1.54, 1.807) is 0 Å². The molecular formula is C116H104BN5. The fourth-order valence-electron chi connectivity index (χ4n) is 19.1. The van der Waals surface area contributed by atoms with Gasteiger partial charge in [-0.25, -0.2) is 0 Å². The zero-order valence-corrected chi connectivity index (χ0v) is 72.9. The minimum atomic E-state index is -0.301. The van der Waals surface area contributed by atoms with Crippen LogP contribution >= 0.6 is 0 Å². The van der Waals surface area contributed by atoms with E-state index in [-0.39, 0.29) is 33.8 Å². The summed E-state index contributed by atoms with van der Waals surface area (Å²) in [6, 6.07) is 137. The lowest BCUT2D eigenvalue weighted by Gasteiger charge is -2.45. The van der Waals surface area contributed by atoms with Crippen LogP contribution in [0.5, 0.6) is 0 Å². The lowest BCUT2D eigenvalue weighted by atomic mass is 9.33. The zero-order valence-electron chi connectivity index (χ0n) is 72.9. The summed E-state index contributed by atoms with van der Waals surface area (Å²) in [6.07, 6.45) is 0. The van der Waals surface area contributed by atoms with Crippen LogP contribution < -0.4 is 31.1 Å². The van der Waals surface area contributed by atoms with Gasteiger partial charge in [0.25, 0.3) is 6.71 Å². The smallest absolute Gasteiger partial charge is 0.252 e. The number of nitrogens with zero attached hydrogens (tertiary/aromatic N) is 5. The van der Waals surface area contributed by atoms with Crippen LogP contribution in [0.25, 0.3) is 111 Å². The average Bonchev–Trinajstić information content (AvgIpc) is 0.873. The van der Waals surface area contributed by atoms with Crippen LogP contribution in [-0.2, 0) is 27.1 Å². The number of fused-ring (bicyclic) bond motifs is 10. The molecule has 20 rings (SSSR count). The molecule has 0 spiro atoms. The van der Waals surface area contributed by atoms with Crippen molar-refractivity contribution >= 4 is 118 Å². The molecule has 2 aliphatic rings. The van der Waals surface area contributed by atoms with Crippen molar-refractivity contribution < 1.29 is 0 Å². The second-order valence-electron chi connectivity index (χ2n) is 39.1. The van der Waals surface area contributed by atoms with E-state index in [9.17, 15) is 0 Å². The van der Waals surface area contributed by atoms with Gasteiger partial charge in [-0.2, -0.15) is 0 Å². The van der Waals surface area contributed by atoms with Crippen molar-refractivity contribution in [2.45, 2.75) is 131 Å². The number of hydrogen-bond acceptors (Lipinski definition) is 3. The van der Waals surface area contributed by atoms with Crippen LogP contribution in [0, 0.1) is 0 Å². The molecule has 2 aliphatic heterocycles. The molecule has 0 atom stereocenters. The van der Waals surface area contributed by atoms with Gasteiger partial charge in [0, 0.05) is 83.9 Å². The third-order valence-electron chi connectivity index (χ3n) is 25.8. The quantitative estimate of drug-likeness (QED) is 0.114. The zero-order chi connectivity index (χ0) is 84.0. The van der Waals surface area contributed by atoms with Crippen LogP contribution in [0.1, 0.15) is 132 Å². The van der Waals surface area contributed by atoms with Crippen LogP contribution in [0.2, 0.25) is 0 Å². The standard InChI is InChI=1S/C116H104BN5/c1-112(2,3)83-51-57-103-97(67-83)98-68-84(113(4,5)6)52-58-104(98)119(103)91-53-56-101-107(72-91)122(111-95(77-40-26-18-27-41-77)69-87(116(13,14)15)70-96(111)78-42-28-19-29-43-78)109-74-93(120-102-49-35-34-48-94(102)99-71-90(54-59-105(99)120)118(88-44-30-20-31-45-88)89-46-32-21-33-47-89)73-108-110(109)117(101)100-55-50-79(82-61-85(114(7,8)9)66-86(62-82)115(10,11)12)65-106(100)121(108)92-63-80(75-36-22-16-23-37-75)60-81(64-92)76-38-24-17-25-39-76/h16-74H,1-15H3. The minimum absolute atomic E-state index is 0.0847. The maximum absolute atomic E-state index is 2.75. The van der Waals surface area contributed by atoms with Crippen LogP contribution in [0.15, 0.2) is 358 Å². The molecule has 4 heterocycles. The van der Waals surface area contributed by atoms with Crippen molar-refractivity contribution in [3.8, 4) is 67.0 Å². The Bertz CT molecular complexity index is 6860. The molecule has 6 heteroatoms. The molecule has 0 N–H and O–H groups in total. The summed E-state index contributed by atoms with van der Waals surface area (Å²) in [5, 5.41) is 4.81. The van der Waals surface area contributed by atoms with Crippen LogP contribution in [0.3, 0.4) is 0 Å². The van der Waals surface area contributed by atoms with Crippen molar-refractivity contribution in [2.75, 3.05) is 14.7 Å². The first kappa shape index (κ1) is 77.2. The van der Waals surface area contributed by atoms with Gasteiger partial charge >= 0.3 is 0 Å². The van der Waals surface area contributed by atoms with E-state index in [0.717, 1.165) is 134 Å². The van der Waals surface area contributed by atoms with Crippen molar-refractivity contribution in [2.24, 2.45) is 0 Å². The number of anilines is 9. The second-order valence-corrected chi connectivity index (χ2v) is 39.1. The molecule has 0 saturated carbocycles. The maximum Gasteiger partial charge on any atom is 0.252 e. The van der Waals surface area contributed by atoms with E-state index in [1.807, 2.05) is 0 Å². The molecule has 0 aliphatic carbocycles. The predicted molar refractivity (Wildman–Crippen MR) is 525 cm³/mol. The topological polar surface area (TPSA) is 19.6 Å². The maximum atomic E-state index is 2.75. The first-order valence-corrected chi connectivity index (χ1v) is 43.5. The molecule has 16 aromatic carbocycles. The molecule has 0 amide bonds. The highest BCUT2D eigenvalue weighted by molar-refractivity contribution is 7.00. The van der Waals surface area contributed by atoms with E-state index in [0.29, 0.717) is 0 Å². The van der Waals surface area contributed by atoms with Gasteiger partial charge in [0.1, 0.15) is 0 Å². The van der Waals surface area contributed by atoms with Gasteiger partial charge in [-0.3, -0.25) is 0 Å². The Morgan fingerprint density at radius 2 is 0.607 bits per heavy atom. The molecule has 596 valence electrons. The molecule has 5 nitrogen and oxygen atoms in total. The van der Waals surface area contributed by atoms with E-state index < -0.39 is 0 Å². The number of aromatic nitrogens is 2. The van der Waals surface area contributed by atoms with E-state index in [1.165, 1.54) is 71.6 Å². The van der Waals surface area contributed by atoms with Gasteiger partial charge in [0.15, 0.2) is 0 Å². The summed E-state index contributed by atoms with van der Waals surface area (Å²) in [6.45, 7) is 35.0. The van der Waals surface area contributed by atoms with Crippen molar-refractivity contribution in [3.63, 3.8) is 0 Å². The van der Waals surface area contributed by atoms with Gasteiger partial charge in [-0.15, -0.1) is 0 Å². The normalized spacial score (nSPS) is 13.0. The molecule has 0 bridgehead atoms. The van der Waals surface area contributed by atoms with E-state index in [4.69, 9.17) is 0 Å². The monoisotopic (exact) mass is 1580 g/mol. The van der Waals surface area contributed by atoms with Crippen molar-refractivity contribution in [1.82, 2.24) is 9.13 Å². The summed E-state index contributed by atoms with van der Waals surface area (Å²) >= 11 is 0. The number of para-hydroxylation sites is 3. The highest BCUT2D eigenvalue weighted by Crippen LogP contribution is 2.55. The van der Waals surface area contributed by atoms with Gasteiger partial charge in [0.05, 0.1) is 33.4 Å². The number of hydrogen-bond donors (Lipinski definition) is 0. The summed E-state index contributed by atoms with van der Waals surface area (Å²) in [5.74, 6) is 0. The SMILES string of the molecule is CC(C)(C)c1cc(-c2ccc3c(c2)N(c2cc(-c4ccccc4)cc(-c4ccccc4)c2)c2cc(-n4c5ccccc5c5cc(N(c6ccccc6)c6ccccc6)ccc54)cc4c2B3c2ccc(-n3c5ccc(C(C)(C)C)cc5c5cc(C(C)(C)C)ccc53)cc2N4c2c(-c3ccccc3)cc(C(C)(C)C)cc2-c2ccccc2)cc(C(C)(C)C)c1. The Balaban J connectivity index is 0.973. The fraction of sp³-hybridized carbons (Fsp3) is 0.172. The van der Waals surface area contributed by atoms with Crippen LogP contribution in [-0.4, -0.2) is 15.8 Å². The Kier molecular flexibility index (Phi) is 18.5. The summed E-state index contributed by atoms with van der Waals surface area (Å²) in [5.41, 5.74) is 37.4. The first-order chi connectivity index (χ1) is 58.7. The fourth-order valence-corrected chi connectivity index (χ4v) is 19.1. The van der Waals surface area contributed by atoms with E-state index >= 15 is 0 Å². The van der Waals surface area contributed by atoms with Gasteiger partial charge in [-0.1, -0.05) is 328 Å². The lowest BCUT2D eigenvalue weighted by molar-refractivity contribution is 0.569. The Labute approximate surface area is 720 Å². The highest BCUT2D eigenvalue weighted by atomic mass is 15.2. The first-order valence-electron chi connectivity index (χ1n) is 43.5. The second kappa shape index (κ2) is 29.2. The summed E-state index contributed by atoms with van der Waals surface area (Å²) < 4.78 is 5.16. The molecule has 122 heavy (non-hydrogen) atoms. The van der Waals surface area contributed by atoms with Crippen molar-refractivity contribution in [3.05, 3.63) is 386 Å². The molecule has 0 unspecified atom stereocenters. The van der Waals surface area contributed by atoms with Gasteiger partial charge < -0.3 is 23.8 Å². The predicted octanol–water partition coefficient (Wildman–Crippen LogP) is 30.3. The number of benzene rings is 16. The molecule has 0 radical (unpaired) electrons. The Morgan fingerprint density at radius 1 is 0.221 bits per heavy atom. The van der Waals surface area contributed by atoms with E-state index in [2.05, 4.69) is 486 Å². The lowest BCUT2D eigenvalue weighted by Crippen LogP contribution is -2.61. The molecule has 0 saturated heterocycles. The van der Waals surface area contributed by atoms with Gasteiger partial charge in [-0.05, 0) is 249 Å². The van der Waals surface area contributed by atoms with Crippen LogP contribution in [0.4, 0.5) is 51.2 Å². The van der Waals surface area contributed by atoms with Crippen molar-refractivity contribution in [1.29, 1.82) is 0 Å². The third-order valence-corrected chi connectivity index (χ3v) is 25.8. The largest absolute Gasteiger partial charge is 0.311 e. The van der Waals surface area contributed by atoms with Gasteiger partial charge in [0.2, 0.25) is 0 Å². The molecule has 2 aromatic heterocycles. The Hall–Kier alpha value is -13.4.